The van der Waals surface area contributed by atoms with Gasteiger partial charge in [-0.1, -0.05) is 31.2 Å². The molecule has 0 bridgehead atoms. The van der Waals surface area contributed by atoms with E-state index in [1.165, 1.54) is 17.5 Å². The molecule has 1 aromatic rings. The Morgan fingerprint density at radius 2 is 2.11 bits per heavy atom. The first-order chi connectivity index (χ1) is 9.18. The third kappa shape index (κ3) is 3.78. The summed E-state index contributed by atoms with van der Waals surface area (Å²) in [5, 5.41) is 3.49. The van der Waals surface area contributed by atoms with Gasteiger partial charge in [0.1, 0.15) is 6.61 Å². The van der Waals surface area contributed by atoms with Crippen molar-refractivity contribution in [2.45, 2.75) is 31.7 Å². The van der Waals surface area contributed by atoms with Gasteiger partial charge in [-0.15, -0.1) is 0 Å². The molecule has 0 aliphatic heterocycles. The van der Waals surface area contributed by atoms with Crippen molar-refractivity contribution in [3.8, 4) is 0 Å². The van der Waals surface area contributed by atoms with Crippen molar-refractivity contribution in [3.63, 3.8) is 0 Å². The van der Waals surface area contributed by atoms with Crippen LogP contribution in [-0.4, -0.2) is 25.7 Å². The van der Waals surface area contributed by atoms with Crippen molar-refractivity contribution in [1.29, 1.82) is 0 Å². The van der Waals surface area contributed by atoms with Gasteiger partial charge >= 0.3 is 0 Å². The Hall–Kier alpha value is -1.39. The number of nitrogens with one attached hydrogen (secondary N) is 1. The number of hydrogen-bond acceptors (Lipinski definition) is 3. The number of hydrogen-bond donors (Lipinski definition) is 2. The van der Waals surface area contributed by atoms with E-state index in [2.05, 4.69) is 36.5 Å². The Morgan fingerprint density at radius 3 is 2.84 bits per heavy atom. The van der Waals surface area contributed by atoms with Crippen LogP contribution < -0.4 is 11.1 Å². The van der Waals surface area contributed by atoms with Gasteiger partial charge in [0.05, 0.1) is 6.61 Å². The molecule has 1 aliphatic carbocycles. The molecule has 0 saturated carbocycles. The van der Waals surface area contributed by atoms with Gasteiger partial charge in [-0.3, -0.25) is 4.79 Å². The van der Waals surface area contributed by atoms with Crippen LogP contribution in [0, 0.1) is 0 Å². The molecule has 0 saturated heterocycles. The SMILES string of the molecule is CC1CCC(NCCOCC(N)=O)c2ccccc21. The Balaban J connectivity index is 1.85. The Bertz CT molecular complexity index is 434. The zero-order valence-electron chi connectivity index (χ0n) is 11.4. The lowest BCUT2D eigenvalue weighted by atomic mass is 9.81. The molecule has 0 aromatic heterocycles. The average molecular weight is 262 g/mol. The number of ether oxygens (including phenoxy) is 1. The van der Waals surface area contributed by atoms with Crippen molar-refractivity contribution in [3.05, 3.63) is 35.4 Å². The summed E-state index contributed by atoms with van der Waals surface area (Å²) in [6, 6.07) is 9.01. The molecule has 0 fully saturated rings. The maximum Gasteiger partial charge on any atom is 0.243 e. The molecule has 19 heavy (non-hydrogen) atoms. The summed E-state index contributed by atoms with van der Waals surface area (Å²) < 4.78 is 5.16. The lowest BCUT2D eigenvalue weighted by molar-refractivity contribution is -0.122. The van der Waals surface area contributed by atoms with Crippen LogP contribution in [0.15, 0.2) is 24.3 Å². The highest BCUT2D eigenvalue weighted by atomic mass is 16.5. The molecule has 4 heteroatoms. The van der Waals surface area contributed by atoms with E-state index in [0.29, 0.717) is 18.6 Å². The third-order valence-electron chi connectivity index (χ3n) is 3.67. The van der Waals surface area contributed by atoms with Crippen molar-refractivity contribution < 1.29 is 9.53 Å². The number of carbonyl (C=O) groups is 1. The van der Waals surface area contributed by atoms with Crippen LogP contribution in [0.25, 0.3) is 0 Å². The second-order valence-electron chi connectivity index (χ2n) is 5.13. The van der Waals surface area contributed by atoms with Crippen molar-refractivity contribution in [2.24, 2.45) is 5.73 Å². The predicted octanol–water partition coefficient (Wildman–Crippen LogP) is 1.72. The molecule has 1 amide bonds. The minimum absolute atomic E-state index is 0.0000320. The molecule has 104 valence electrons. The average Bonchev–Trinajstić information content (AvgIpc) is 2.41. The van der Waals surface area contributed by atoms with Crippen LogP contribution in [0.3, 0.4) is 0 Å². The van der Waals surface area contributed by atoms with Crippen LogP contribution in [0.4, 0.5) is 0 Å². The van der Waals surface area contributed by atoms with Crippen LogP contribution in [0.5, 0.6) is 0 Å². The molecule has 2 atom stereocenters. The second kappa shape index (κ2) is 6.68. The molecule has 1 aromatic carbocycles. The van der Waals surface area contributed by atoms with Gasteiger partial charge in [-0.05, 0) is 29.9 Å². The molecule has 3 N–H and O–H groups in total. The Morgan fingerprint density at radius 1 is 1.37 bits per heavy atom. The molecular weight excluding hydrogens is 240 g/mol. The van der Waals surface area contributed by atoms with E-state index in [4.69, 9.17) is 10.5 Å². The van der Waals surface area contributed by atoms with Crippen molar-refractivity contribution in [1.82, 2.24) is 5.32 Å². The molecule has 2 unspecified atom stereocenters. The number of benzene rings is 1. The van der Waals surface area contributed by atoms with E-state index in [1.807, 2.05) is 0 Å². The van der Waals surface area contributed by atoms with Gasteiger partial charge in [-0.2, -0.15) is 0 Å². The van der Waals surface area contributed by atoms with Crippen LogP contribution in [-0.2, 0) is 9.53 Å². The second-order valence-corrected chi connectivity index (χ2v) is 5.13. The highest BCUT2D eigenvalue weighted by molar-refractivity contribution is 5.74. The van der Waals surface area contributed by atoms with Crippen molar-refractivity contribution >= 4 is 5.91 Å². The Kier molecular flexibility index (Phi) is 4.93. The fourth-order valence-electron chi connectivity index (χ4n) is 2.69. The largest absolute Gasteiger partial charge is 0.370 e. The number of fused-ring (bicyclic) bond motifs is 1. The topological polar surface area (TPSA) is 64.3 Å². The first kappa shape index (κ1) is 14.0. The van der Waals surface area contributed by atoms with Gasteiger partial charge in [0.15, 0.2) is 0 Å². The van der Waals surface area contributed by atoms with Crippen molar-refractivity contribution in [2.75, 3.05) is 19.8 Å². The standard InChI is InChI=1S/C15H22N2O2/c1-11-6-7-14(13-5-3-2-4-12(11)13)17-8-9-19-10-15(16)18/h2-5,11,14,17H,6-10H2,1H3,(H2,16,18). The fourth-order valence-corrected chi connectivity index (χ4v) is 2.69. The van der Waals surface area contributed by atoms with E-state index in [-0.39, 0.29) is 6.61 Å². The molecule has 1 aliphatic rings. The predicted molar refractivity (Wildman–Crippen MR) is 74.8 cm³/mol. The summed E-state index contributed by atoms with van der Waals surface area (Å²) in [5.41, 5.74) is 7.86. The summed E-state index contributed by atoms with van der Waals surface area (Å²) in [6.07, 6.45) is 2.35. The minimum Gasteiger partial charge on any atom is -0.370 e. The first-order valence-corrected chi connectivity index (χ1v) is 6.86. The van der Waals surface area contributed by atoms with E-state index in [9.17, 15) is 4.79 Å². The van der Waals surface area contributed by atoms with Crippen LogP contribution in [0.1, 0.15) is 42.9 Å². The van der Waals surface area contributed by atoms with E-state index < -0.39 is 5.91 Å². The monoisotopic (exact) mass is 262 g/mol. The smallest absolute Gasteiger partial charge is 0.243 e. The summed E-state index contributed by atoms with van der Waals surface area (Å²) >= 11 is 0. The van der Waals surface area contributed by atoms with Gasteiger partial charge in [-0.25, -0.2) is 0 Å². The molecule has 0 heterocycles. The fraction of sp³-hybridized carbons (Fsp3) is 0.533. The third-order valence-corrected chi connectivity index (χ3v) is 3.67. The number of carbonyl (C=O) groups excluding carboxylic acids is 1. The van der Waals surface area contributed by atoms with Crippen LogP contribution in [0.2, 0.25) is 0 Å². The zero-order chi connectivity index (χ0) is 13.7. The zero-order valence-corrected chi connectivity index (χ0v) is 11.4. The maximum absolute atomic E-state index is 10.5. The number of primary amides is 1. The molecule has 0 spiro atoms. The van der Waals surface area contributed by atoms with Gasteiger partial charge in [0, 0.05) is 12.6 Å². The summed E-state index contributed by atoms with van der Waals surface area (Å²) in [4.78, 5) is 10.5. The Labute approximate surface area is 114 Å². The summed E-state index contributed by atoms with van der Waals surface area (Å²) in [5.74, 6) is 0.220. The number of amides is 1. The minimum atomic E-state index is -0.420. The van der Waals surface area contributed by atoms with Gasteiger partial charge < -0.3 is 15.8 Å². The highest BCUT2D eigenvalue weighted by Crippen LogP contribution is 2.36. The van der Waals surface area contributed by atoms with Gasteiger partial charge in [0.25, 0.3) is 0 Å². The van der Waals surface area contributed by atoms with Gasteiger partial charge in [0.2, 0.25) is 5.91 Å². The molecule has 2 rings (SSSR count). The quantitative estimate of drug-likeness (QED) is 0.767. The summed E-state index contributed by atoms with van der Waals surface area (Å²) in [6.45, 7) is 3.53. The normalized spacial score (nSPS) is 21.9. The molecule has 4 nitrogen and oxygen atoms in total. The lowest BCUT2D eigenvalue weighted by Crippen LogP contribution is -2.30. The maximum atomic E-state index is 10.5. The lowest BCUT2D eigenvalue weighted by Gasteiger charge is -2.30. The first-order valence-electron chi connectivity index (χ1n) is 6.86. The highest BCUT2D eigenvalue weighted by Gasteiger charge is 2.23. The van der Waals surface area contributed by atoms with E-state index in [1.54, 1.807) is 0 Å². The van der Waals surface area contributed by atoms with E-state index >= 15 is 0 Å². The van der Waals surface area contributed by atoms with E-state index in [0.717, 1.165) is 13.0 Å². The van der Waals surface area contributed by atoms with Crippen LogP contribution >= 0.6 is 0 Å². The number of nitrogens with two attached hydrogens (primary N) is 1. The number of rotatable bonds is 6. The molecule has 0 radical (unpaired) electrons. The summed E-state index contributed by atoms with van der Waals surface area (Å²) in [7, 11) is 0. The molecular formula is C15H22N2O2.